The molecule has 0 fully saturated rings. The maximum Gasteiger partial charge on any atom is 0.324 e. The number of carboxylic acid groups (broad SMARTS) is 1. The molecule has 5 nitrogen and oxygen atoms in total. The zero-order chi connectivity index (χ0) is 14.5. The van der Waals surface area contributed by atoms with Crippen LogP contribution in [0, 0.1) is 11.3 Å². The van der Waals surface area contributed by atoms with Crippen LogP contribution in [0.3, 0.4) is 0 Å². The zero-order valence-electron chi connectivity index (χ0n) is 11.4. The molecule has 1 atom stereocenters. The summed E-state index contributed by atoms with van der Waals surface area (Å²) in [6.45, 7) is 5.24. The van der Waals surface area contributed by atoms with Crippen molar-refractivity contribution >= 4 is 11.9 Å². The van der Waals surface area contributed by atoms with Crippen LogP contribution in [0.2, 0.25) is 0 Å². The van der Waals surface area contributed by atoms with Crippen LogP contribution in [0.5, 0.6) is 0 Å². The van der Waals surface area contributed by atoms with Gasteiger partial charge in [0.2, 0.25) is 0 Å². The fourth-order valence-electron chi connectivity index (χ4n) is 2.01. The molecule has 0 saturated carbocycles. The summed E-state index contributed by atoms with van der Waals surface area (Å²) >= 11 is 0. The van der Waals surface area contributed by atoms with E-state index in [4.69, 9.17) is 4.74 Å². The van der Waals surface area contributed by atoms with Crippen molar-refractivity contribution in [1.82, 2.24) is 4.98 Å². The number of aliphatic carboxylic acids is 1. The Kier molecular flexibility index (Phi) is 5.03. The minimum absolute atomic E-state index is 0.0761. The summed E-state index contributed by atoms with van der Waals surface area (Å²) in [4.78, 5) is 27.7. The van der Waals surface area contributed by atoms with E-state index in [0.29, 0.717) is 5.56 Å². The van der Waals surface area contributed by atoms with Crippen molar-refractivity contribution in [3.05, 3.63) is 30.1 Å². The van der Waals surface area contributed by atoms with Crippen molar-refractivity contribution in [3.63, 3.8) is 0 Å². The van der Waals surface area contributed by atoms with Gasteiger partial charge in [0.25, 0.3) is 0 Å². The monoisotopic (exact) mass is 265 g/mol. The Morgan fingerprint density at radius 2 is 2.16 bits per heavy atom. The van der Waals surface area contributed by atoms with Gasteiger partial charge in [-0.3, -0.25) is 14.6 Å². The zero-order valence-corrected chi connectivity index (χ0v) is 11.4. The first-order chi connectivity index (χ1) is 8.95. The first-order valence-corrected chi connectivity index (χ1v) is 6.24. The first-order valence-electron chi connectivity index (χ1n) is 6.24. The van der Waals surface area contributed by atoms with Crippen LogP contribution >= 0.6 is 0 Å². The average molecular weight is 265 g/mol. The van der Waals surface area contributed by atoms with E-state index in [9.17, 15) is 14.7 Å². The lowest BCUT2D eigenvalue weighted by molar-refractivity contribution is -0.172. The molecule has 1 N–H and O–H groups in total. The standard InChI is InChI=1S/C14H19NO4/c1-4-19-13(18)14(10(2)3,12(16)17)8-11-6-5-7-15-9-11/h5-7,9-10H,4,8H2,1-3H3,(H,16,17). The fourth-order valence-corrected chi connectivity index (χ4v) is 2.01. The van der Waals surface area contributed by atoms with E-state index in [1.165, 1.54) is 0 Å². The Hall–Kier alpha value is -1.91. The van der Waals surface area contributed by atoms with Gasteiger partial charge in [0, 0.05) is 18.8 Å². The van der Waals surface area contributed by atoms with Gasteiger partial charge in [-0.25, -0.2) is 0 Å². The molecule has 0 bridgehead atoms. The van der Waals surface area contributed by atoms with Gasteiger partial charge in [-0.1, -0.05) is 19.9 Å². The highest BCUT2D eigenvalue weighted by Crippen LogP contribution is 2.34. The summed E-state index contributed by atoms with van der Waals surface area (Å²) in [6, 6.07) is 3.47. The quantitative estimate of drug-likeness (QED) is 0.628. The van der Waals surface area contributed by atoms with E-state index in [-0.39, 0.29) is 18.9 Å². The molecule has 0 aromatic carbocycles. The molecule has 104 valence electrons. The Bertz CT molecular complexity index is 444. The Balaban J connectivity index is 3.17. The van der Waals surface area contributed by atoms with E-state index < -0.39 is 17.4 Å². The Labute approximate surface area is 112 Å². The third-order valence-electron chi connectivity index (χ3n) is 3.21. The molecule has 0 aliphatic carbocycles. The third kappa shape index (κ3) is 3.10. The third-order valence-corrected chi connectivity index (χ3v) is 3.21. The number of aromatic nitrogens is 1. The van der Waals surface area contributed by atoms with Crippen molar-refractivity contribution in [3.8, 4) is 0 Å². The van der Waals surface area contributed by atoms with E-state index in [2.05, 4.69) is 4.98 Å². The summed E-state index contributed by atoms with van der Waals surface area (Å²) in [5, 5.41) is 9.53. The van der Waals surface area contributed by atoms with Crippen LogP contribution in [0.25, 0.3) is 0 Å². The van der Waals surface area contributed by atoms with Crippen LogP contribution < -0.4 is 0 Å². The molecule has 5 heteroatoms. The maximum absolute atomic E-state index is 12.1. The minimum atomic E-state index is -1.57. The average Bonchev–Trinajstić information content (AvgIpc) is 2.36. The summed E-state index contributed by atoms with van der Waals surface area (Å²) in [7, 11) is 0. The minimum Gasteiger partial charge on any atom is -0.480 e. The lowest BCUT2D eigenvalue weighted by atomic mass is 9.73. The van der Waals surface area contributed by atoms with Crippen LogP contribution in [0.4, 0.5) is 0 Å². The molecular formula is C14H19NO4. The highest BCUT2D eigenvalue weighted by molar-refractivity contribution is 5.99. The number of carbonyl (C=O) groups excluding carboxylic acids is 1. The second-order valence-electron chi connectivity index (χ2n) is 4.69. The normalized spacial score (nSPS) is 13.9. The van der Waals surface area contributed by atoms with Gasteiger partial charge in [0.15, 0.2) is 5.41 Å². The first kappa shape index (κ1) is 15.1. The summed E-state index contributed by atoms with van der Waals surface area (Å²) in [5.41, 5.74) is -0.870. The van der Waals surface area contributed by atoms with Crippen molar-refractivity contribution < 1.29 is 19.4 Å². The highest BCUT2D eigenvalue weighted by atomic mass is 16.5. The largest absolute Gasteiger partial charge is 0.480 e. The van der Waals surface area contributed by atoms with E-state index in [1.54, 1.807) is 45.3 Å². The maximum atomic E-state index is 12.1. The summed E-state index contributed by atoms with van der Waals surface area (Å²) in [6.07, 6.45) is 3.25. The predicted molar refractivity (Wildman–Crippen MR) is 69.5 cm³/mol. The van der Waals surface area contributed by atoms with Crippen LogP contribution in [-0.2, 0) is 20.7 Å². The number of nitrogens with zero attached hydrogens (tertiary/aromatic N) is 1. The van der Waals surface area contributed by atoms with Crippen molar-refractivity contribution in [2.45, 2.75) is 27.2 Å². The van der Waals surface area contributed by atoms with Gasteiger partial charge in [-0.15, -0.1) is 0 Å². The van der Waals surface area contributed by atoms with Crippen LogP contribution in [0.15, 0.2) is 24.5 Å². The number of carboxylic acids is 1. The molecule has 0 radical (unpaired) electrons. The molecule has 0 aliphatic rings. The van der Waals surface area contributed by atoms with Gasteiger partial charge in [0.05, 0.1) is 6.61 Å². The fraction of sp³-hybridized carbons (Fsp3) is 0.500. The van der Waals surface area contributed by atoms with E-state index in [0.717, 1.165) is 0 Å². The Morgan fingerprint density at radius 1 is 1.47 bits per heavy atom. The molecule has 0 saturated heterocycles. The number of ether oxygens (including phenoxy) is 1. The second-order valence-corrected chi connectivity index (χ2v) is 4.69. The van der Waals surface area contributed by atoms with Crippen LogP contribution in [0.1, 0.15) is 26.3 Å². The smallest absolute Gasteiger partial charge is 0.324 e. The van der Waals surface area contributed by atoms with Gasteiger partial charge in [-0.2, -0.15) is 0 Å². The second kappa shape index (κ2) is 6.31. The number of esters is 1. The molecular weight excluding hydrogens is 246 g/mol. The van der Waals surface area contributed by atoms with Gasteiger partial charge in [0.1, 0.15) is 0 Å². The van der Waals surface area contributed by atoms with Crippen molar-refractivity contribution in [1.29, 1.82) is 0 Å². The predicted octanol–water partition coefficient (Wildman–Crippen LogP) is 1.91. The highest BCUT2D eigenvalue weighted by Gasteiger charge is 2.50. The SMILES string of the molecule is CCOC(=O)C(Cc1cccnc1)(C(=O)O)C(C)C. The molecule has 1 aromatic rings. The number of pyridine rings is 1. The van der Waals surface area contributed by atoms with Crippen LogP contribution in [-0.4, -0.2) is 28.6 Å². The van der Waals surface area contributed by atoms with Gasteiger partial charge >= 0.3 is 11.9 Å². The Morgan fingerprint density at radius 3 is 2.58 bits per heavy atom. The molecule has 1 unspecified atom stereocenters. The van der Waals surface area contributed by atoms with Gasteiger partial charge in [-0.05, 0) is 24.5 Å². The number of hydrogen-bond donors (Lipinski definition) is 1. The molecule has 0 aliphatic heterocycles. The summed E-state index contributed by atoms with van der Waals surface area (Å²) in [5.74, 6) is -2.24. The number of hydrogen-bond acceptors (Lipinski definition) is 4. The molecule has 19 heavy (non-hydrogen) atoms. The van der Waals surface area contributed by atoms with Gasteiger partial charge < -0.3 is 9.84 Å². The number of rotatable bonds is 6. The summed E-state index contributed by atoms with van der Waals surface area (Å²) < 4.78 is 4.96. The topological polar surface area (TPSA) is 76.5 Å². The lowest BCUT2D eigenvalue weighted by Gasteiger charge is -2.30. The lowest BCUT2D eigenvalue weighted by Crippen LogP contribution is -2.47. The van der Waals surface area contributed by atoms with Crippen molar-refractivity contribution in [2.24, 2.45) is 11.3 Å². The molecule has 1 rings (SSSR count). The van der Waals surface area contributed by atoms with Crippen molar-refractivity contribution in [2.75, 3.05) is 6.61 Å². The molecule has 1 aromatic heterocycles. The van der Waals surface area contributed by atoms with E-state index in [1.807, 2.05) is 0 Å². The molecule has 1 heterocycles. The number of carbonyl (C=O) groups is 2. The van der Waals surface area contributed by atoms with E-state index >= 15 is 0 Å². The molecule has 0 spiro atoms. The molecule has 0 amide bonds.